The van der Waals surface area contributed by atoms with Gasteiger partial charge < -0.3 is 39.7 Å². The summed E-state index contributed by atoms with van der Waals surface area (Å²) in [6, 6.07) is 4.85. The molecule has 5 aliphatic rings. The van der Waals surface area contributed by atoms with Crippen molar-refractivity contribution in [2.75, 3.05) is 32.7 Å². The number of amides is 6. The van der Waals surface area contributed by atoms with Crippen molar-refractivity contribution in [3.05, 3.63) is 35.9 Å². The van der Waals surface area contributed by atoms with Gasteiger partial charge in [0.05, 0.1) is 11.3 Å². The Kier molecular flexibility index (Phi) is 16.0. The van der Waals surface area contributed by atoms with Crippen LogP contribution in [0.25, 0.3) is 0 Å². The van der Waals surface area contributed by atoms with Gasteiger partial charge in [-0.25, -0.2) is 9.59 Å². The standard InChI is InChI=1S/C49H72N6O10/c1-9-16-37-49(7,8)48(63)51-38(29(2)3)43(58)54-24-15-21-36(54)47(62)65-40(30(4)5)45(60)53-23-13-19-34(53)42(57)52-26-22-33(28-52)41(56)50-39(31(6)27-32-17-11-10-12-18-32)44(59)55-25-14-20-35(55)46(61)64-37/h10-12,17-18,29-31,33-40H,9,13-16,19-28H2,1-8H3,(H,50,56)(H,51,63)/t31-,33-,34+,35+,36+,37-,38+,39+,40+/m1/s1. The molecular weight excluding hydrogens is 833 g/mol. The fourth-order valence-electron chi connectivity index (χ4n) is 10.3. The normalized spacial score (nSPS) is 30.6. The molecule has 65 heavy (non-hydrogen) atoms. The molecular formula is C49H72N6O10. The largest absolute Gasteiger partial charge is 0.460 e. The van der Waals surface area contributed by atoms with Crippen LogP contribution in [0.15, 0.2) is 30.3 Å². The molecule has 6 rings (SSSR count). The molecule has 5 heterocycles. The van der Waals surface area contributed by atoms with Gasteiger partial charge in [-0.2, -0.15) is 0 Å². The summed E-state index contributed by atoms with van der Waals surface area (Å²) in [6.45, 7) is 15.5. The third-order valence-corrected chi connectivity index (χ3v) is 14.4. The highest BCUT2D eigenvalue weighted by Gasteiger charge is 2.49. The van der Waals surface area contributed by atoms with E-state index >= 15 is 0 Å². The molecule has 0 unspecified atom stereocenters. The number of ether oxygens (including phenoxy) is 2. The highest BCUT2D eigenvalue weighted by molar-refractivity contribution is 5.96. The van der Waals surface area contributed by atoms with E-state index < -0.39 is 101 Å². The second-order valence-electron chi connectivity index (χ2n) is 20.2. The Bertz CT molecular complexity index is 1940. The van der Waals surface area contributed by atoms with E-state index in [4.69, 9.17) is 9.47 Å². The number of hydrogen-bond acceptors (Lipinski definition) is 10. The van der Waals surface area contributed by atoms with E-state index in [1.165, 1.54) is 14.7 Å². The van der Waals surface area contributed by atoms with Crippen LogP contribution in [0.5, 0.6) is 0 Å². The van der Waals surface area contributed by atoms with Gasteiger partial charge in [0.25, 0.3) is 5.91 Å². The third kappa shape index (κ3) is 10.8. The number of hydrogen-bond donors (Lipinski definition) is 2. The molecule has 6 amide bonds. The Balaban J connectivity index is 1.34. The molecule has 0 aliphatic carbocycles. The number of carbonyl (C=O) groups excluding carboxylic acids is 8. The minimum Gasteiger partial charge on any atom is -0.460 e. The van der Waals surface area contributed by atoms with E-state index in [2.05, 4.69) is 10.6 Å². The molecule has 5 fully saturated rings. The first-order valence-electron chi connectivity index (χ1n) is 24.1. The van der Waals surface area contributed by atoms with Gasteiger partial charge >= 0.3 is 11.9 Å². The monoisotopic (exact) mass is 905 g/mol. The molecule has 0 aromatic heterocycles. The van der Waals surface area contributed by atoms with E-state index in [0.717, 1.165) is 5.56 Å². The van der Waals surface area contributed by atoms with Crippen molar-refractivity contribution in [3.63, 3.8) is 0 Å². The number of rotatable bonds is 7. The van der Waals surface area contributed by atoms with Gasteiger partial charge in [0.15, 0.2) is 6.10 Å². The van der Waals surface area contributed by atoms with Gasteiger partial charge in [-0.15, -0.1) is 0 Å². The smallest absolute Gasteiger partial charge is 0.329 e. The molecule has 16 nitrogen and oxygen atoms in total. The first-order chi connectivity index (χ1) is 30.8. The highest BCUT2D eigenvalue weighted by atomic mass is 16.6. The topological polar surface area (TPSA) is 192 Å². The average molecular weight is 905 g/mol. The molecule has 16 heteroatoms. The summed E-state index contributed by atoms with van der Waals surface area (Å²) >= 11 is 0. The van der Waals surface area contributed by atoms with Gasteiger partial charge in [-0.05, 0) is 95.0 Å². The summed E-state index contributed by atoms with van der Waals surface area (Å²) in [5.41, 5.74) is -0.348. The number of carbonyl (C=O) groups is 8. The number of nitrogens with zero attached hydrogens (tertiary/aromatic N) is 4. The Morgan fingerprint density at radius 3 is 1.77 bits per heavy atom. The molecule has 0 saturated carbocycles. The SMILES string of the molecule is CCC[C@H]1OC(=O)[C@@H]2CCCN2C(=O)[C@H]([C@H](C)Cc2ccccc2)NC(=O)[C@@H]2CCN(C2)C(=O)[C@@H]2CCCN2C(=O)[C@H](C(C)C)OC(=O)[C@@H]2CCCN2C(=O)[C@H](C(C)C)NC(=O)C1(C)C. The van der Waals surface area contributed by atoms with E-state index in [9.17, 15) is 38.4 Å². The van der Waals surface area contributed by atoms with Gasteiger partial charge in [0, 0.05) is 32.7 Å². The zero-order chi connectivity index (χ0) is 47.3. The van der Waals surface area contributed by atoms with Gasteiger partial charge in [0.1, 0.15) is 36.3 Å². The van der Waals surface area contributed by atoms with Crippen LogP contribution in [-0.4, -0.2) is 142 Å². The van der Waals surface area contributed by atoms with E-state index in [1.54, 1.807) is 46.4 Å². The van der Waals surface area contributed by atoms with Gasteiger partial charge in [-0.3, -0.25) is 28.8 Å². The van der Waals surface area contributed by atoms with Crippen molar-refractivity contribution >= 4 is 47.4 Å². The Morgan fingerprint density at radius 1 is 0.646 bits per heavy atom. The zero-order valence-corrected chi connectivity index (χ0v) is 39.7. The summed E-state index contributed by atoms with van der Waals surface area (Å²) in [5, 5.41) is 6.00. The Labute approximate surface area is 384 Å². The third-order valence-electron chi connectivity index (χ3n) is 14.4. The number of benzene rings is 1. The number of esters is 2. The summed E-state index contributed by atoms with van der Waals surface area (Å²) in [6.07, 6.45) is 2.24. The van der Waals surface area contributed by atoms with Crippen LogP contribution in [0.2, 0.25) is 0 Å². The van der Waals surface area contributed by atoms with Crippen LogP contribution in [0.3, 0.4) is 0 Å². The van der Waals surface area contributed by atoms with Crippen LogP contribution in [0.1, 0.15) is 119 Å². The predicted molar refractivity (Wildman–Crippen MR) is 240 cm³/mol. The molecule has 2 N–H and O–H groups in total. The minimum absolute atomic E-state index is 0.101. The average Bonchev–Trinajstić information content (AvgIpc) is 4.12. The first-order valence-corrected chi connectivity index (χ1v) is 24.1. The fourth-order valence-corrected chi connectivity index (χ4v) is 10.3. The van der Waals surface area contributed by atoms with Crippen LogP contribution in [0, 0.1) is 29.1 Å². The lowest BCUT2D eigenvalue weighted by Gasteiger charge is -2.37. The predicted octanol–water partition coefficient (Wildman–Crippen LogP) is 3.63. The van der Waals surface area contributed by atoms with Gasteiger partial charge in [-0.1, -0.05) is 78.3 Å². The molecule has 0 spiro atoms. The molecule has 2 bridgehead atoms. The van der Waals surface area contributed by atoms with Crippen molar-refractivity contribution in [3.8, 4) is 0 Å². The van der Waals surface area contributed by atoms with Crippen LogP contribution in [0.4, 0.5) is 0 Å². The molecule has 5 aliphatic heterocycles. The summed E-state index contributed by atoms with van der Waals surface area (Å²) < 4.78 is 12.2. The van der Waals surface area contributed by atoms with Crippen molar-refractivity contribution in [1.29, 1.82) is 0 Å². The highest BCUT2D eigenvalue weighted by Crippen LogP contribution is 2.33. The maximum atomic E-state index is 14.8. The van der Waals surface area contributed by atoms with Crippen LogP contribution < -0.4 is 10.6 Å². The number of nitrogens with one attached hydrogen (secondary N) is 2. The maximum absolute atomic E-state index is 14.8. The number of fused-ring (bicyclic) bond motifs is 5. The van der Waals surface area contributed by atoms with Crippen LogP contribution >= 0.6 is 0 Å². The van der Waals surface area contributed by atoms with Crippen molar-refractivity contribution in [1.82, 2.24) is 30.2 Å². The Morgan fingerprint density at radius 2 is 1.20 bits per heavy atom. The molecule has 358 valence electrons. The summed E-state index contributed by atoms with van der Waals surface area (Å²) in [4.78, 5) is 121. The zero-order valence-electron chi connectivity index (χ0n) is 39.7. The fraction of sp³-hybridized carbons (Fsp3) is 0.714. The quantitative estimate of drug-likeness (QED) is 0.382. The summed E-state index contributed by atoms with van der Waals surface area (Å²) in [5.74, 6) is -5.75. The van der Waals surface area contributed by atoms with Crippen molar-refractivity contribution in [2.45, 2.75) is 162 Å². The van der Waals surface area contributed by atoms with Gasteiger partial charge in [0.2, 0.25) is 29.5 Å². The first kappa shape index (κ1) is 49.4. The lowest BCUT2D eigenvalue weighted by atomic mass is 9.82. The lowest BCUT2D eigenvalue weighted by molar-refractivity contribution is -0.170. The molecule has 9 atom stereocenters. The number of cyclic esters (lactones) is 2. The second-order valence-corrected chi connectivity index (χ2v) is 20.2. The van der Waals surface area contributed by atoms with E-state index in [0.29, 0.717) is 70.8 Å². The van der Waals surface area contributed by atoms with E-state index in [-0.39, 0.29) is 43.9 Å². The van der Waals surface area contributed by atoms with Crippen LogP contribution in [-0.2, 0) is 54.3 Å². The minimum atomic E-state index is -1.32. The molecule has 0 radical (unpaired) electrons. The van der Waals surface area contributed by atoms with Crippen molar-refractivity contribution in [2.24, 2.45) is 29.1 Å². The lowest BCUT2D eigenvalue weighted by Crippen LogP contribution is -2.58. The second kappa shape index (κ2) is 21.1. The van der Waals surface area contributed by atoms with Crippen molar-refractivity contribution < 1.29 is 47.8 Å². The maximum Gasteiger partial charge on any atom is 0.329 e. The van der Waals surface area contributed by atoms with E-state index in [1.807, 2.05) is 44.2 Å². The molecule has 1 aromatic rings. The summed E-state index contributed by atoms with van der Waals surface area (Å²) in [7, 11) is 0. The Hall–Kier alpha value is -5.02. The molecule has 1 aromatic carbocycles. The molecule has 5 saturated heterocycles.